The number of nitrogens with zero attached hydrogens (tertiary/aromatic N) is 2. The Hall–Kier alpha value is -2.21. The fraction of sp³-hybridized carbons (Fsp3) is 0.609. The highest BCUT2D eigenvalue weighted by atomic mass is 16.2. The minimum absolute atomic E-state index is 0.0485. The summed E-state index contributed by atoms with van der Waals surface area (Å²) >= 11 is 0. The van der Waals surface area contributed by atoms with Gasteiger partial charge in [-0.25, -0.2) is 0 Å². The van der Waals surface area contributed by atoms with Crippen LogP contribution in [0.4, 0.5) is 0 Å². The molecule has 6 heteroatoms. The highest BCUT2D eigenvalue weighted by molar-refractivity contribution is 6.03. The molecule has 0 aromatic heterocycles. The maximum Gasteiger partial charge on any atom is 0.254 e. The van der Waals surface area contributed by atoms with Crippen LogP contribution < -0.4 is 5.73 Å². The molecule has 1 saturated carbocycles. The number of Topliss-reactive ketones (excluding diaryl/α,β-unsaturated/α-hetero) is 1. The molecular formula is C23H31N3O3. The first kappa shape index (κ1) is 20.1. The molecule has 2 saturated heterocycles. The fourth-order valence-corrected chi connectivity index (χ4v) is 5.40. The summed E-state index contributed by atoms with van der Waals surface area (Å²) in [6, 6.07) is 6.11. The van der Waals surface area contributed by atoms with Gasteiger partial charge in [-0.3, -0.25) is 14.4 Å². The first-order chi connectivity index (χ1) is 14.0. The molecule has 3 aliphatic rings. The Bertz CT molecular complexity index is 802. The number of rotatable bonds is 4. The average Bonchev–Trinajstić information content (AvgIpc) is 3.29. The van der Waals surface area contributed by atoms with Crippen molar-refractivity contribution >= 4 is 17.6 Å². The third-order valence-corrected chi connectivity index (χ3v) is 6.97. The van der Waals surface area contributed by atoms with Crippen LogP contribution in [-0.2, 0) is 9.59 Å². The second-order valence-electron chi connectivity index (χ2n) is 8.89. The van der Waals surface area contributed by atoms with Crippen LogP contribution in [0.5, 0.6) is 0 Å². The molecule has 0 radical (unpaired) electrons. The molecule has 2 aliphatic heterocycles. The summed E-state index contributed by atoms with van der Waals surface area (Å²) in [6.45, 7) is 2.47. The van der Waals surface area contributed by atoms with Gasteiger partial charge in [0.1, 0.15) is 6.04 Å². The summed E-state index contributed by atoms with van der Waals surface area (Å²) in [6.07, 6.45) is 7.33. The summed E-state index contributed by atoms with van der Waals surface area (Å²) in [5.74, 6) is 0.221. The van der Waals surface area contributed by atoms with Gasteiger partial charge in [0.2, 0.25) is 5.91 Å². The number of hydrogen-bond donors (Lipinski definition) is 1. The van der Waals surface area contributed by atoms with E-state index in [-0.39, 0.29) is 30.2 Å². The molecule has 0 bridgehead atoms. The molecule has 4 rings (SSSR count). The Labute approximate surface area is 172 Å². The Kier molecular flexibility index (Phi) is 5.72. The van der Waals surface area contributed by atoms with E-state index in [1.54, 1.807) is 15.9 Å². The van der Waals surface area contributed by atoms with Crippen LogP contribution in [-0.4, -0.2) is 58.6 Å². The second kappa shape index (κ2) is 8.27. The Morgan fingerprint density at radius 1 is 1.10 bits per heavy atom. The molecule has 2 N–H and O–H groups in total. The SMILES string of the molecule is Cc1ccccc1C(=O)N1CC(=O)C2C1CCN2C(=O)[C@@H](N)CC1CCCCC1. The van der Waals surface area contributed by atoms with Gasteiger partial charge in [0.15, 0.2) is 5.78 Å². The van der Waals surface area contributed by atoms with Crippen LogP contribution >= 0.6 is 0 Å². The van der Waals surface area contributed by atoms with Crippen molar-refractivity contribution in [3.8, 4) is 0 Å². The predicted molar refractivity (Wildman–Crippen MR) is 110 cm³/mol. The normalized spacial score (nSPS) is 25.9. The Balaban J connectivity index is 1.45. The standard InChI is InChI=1S/C23H31N3O3/c1-15-7-5-6-10-17(15)22(28)26-14-20(27)21-19(26)11-12-25(21)23(29)18(24)13-16-8-3-2-4-9-16/h5-7,10,16,18-19,21H,2-4,8-9,11-14,24H2,1H3/t18-,19?,21?/m0/s1. The predicted octanol–water partition coefficient (Wildman–Crippen LogP) is 2.29. The number of carbonyl (C=O) groups excluding carboxylic acids is 3. The molecule has 1 aliphatic carbocycles. The van der Waals surface area contributed by atoms with Gasteiger partial charge in [-0.2, -0.15) is 0 Å². The van der Waals surface area contributed by atoms with Crippen molar-refractivity contribution < 1.29 is 14.4 Å². The van der Waals surface area contributed by atoms with Crippen LogP contribution in [0.15, 0.2) is 24.3 Å². The van der Waals surface area contributed by atoms with E-state index in [9.17, 15) is 14.4 Å². The van der Waals surface area contributed by atoms with Crippen LogP contribution in [0.3, 0.4) is 0 Å². The number of amides is 2. The number of ketones is 1. The molecule has 29 heavy (non-hydrogen) atoms. The number of aryl methyl sites for hydroxylation is 1. The Morgan fingerprint density at radius 3 is 2.55 bits per heavy atom. The van der Waals surface area contributed by atoms with E-state index in [4.69, 9.17) is 5.73 Å². The maximum atomic E-state index is 13.1. The van der Waals surface area contributed by atoms with Gasteiger partial charge in [-0.15, -0.1) is 0 Å². The van der Waals surface area contributed by atoms with Crippen LogP contribution in [0.25, 0.3) is 0 Å². The molecule has 6 nitrogen and oxygen atoms in total. The highest BCUT2D eigenvalue weighted by Crippen LogP contribution is 2.33. The molecule has 2 unspecified atom stereocenters. The molecule has 2 heterocycles. The van der Waals surface area contributed by atoms with Gasteiger partial charge in [0, 0.05) is 12.1 Å². The molecular weight excluding hydrogens is 366 g/mol. The van der Waals surface area contributed by atoms with Crippen LogP contribution in [0, 0.1) is 12.8 Å². The van der Waals surface area contributed by atoms with Gasteiger partial charge in [-0.05, 0) is 37.3 Å². The van der Waals surface area contributed by atoms with Crippen molar-refractivity contribution in [1.29, 1.82) is 0 Å². The summed E-state index contributed by atoms with van der Waals surface area (Å²) in [5, 5.41) is 0. The zero-order chi connectivity index (χ0) is 20.5. The van der Waals surface area contributed by atoms with Gasteiger partial charge in [0.05, 0.1) is 18.6 Å². The van der Waals surface area contributed by atoms with Gasteiger partial charge in [0.25, 0.3) is 5.91 Å². The number of fused-ring (bicyclic) bond motifs is 1. The third kappa shape index (κ3) is 3.82. The zero-order valence-electron chi connectivity index (χ0n) is 17.2. The van der Waals surface area contributed by atoms with E-state index < -0.39 is 12.1 Å². The monoisotopic (exact) mass is 397 g/mol. The van der Waals surface area contributed by atoms with Crippen molar-refractivity contribution in [2.45, 2.75) is 70.0 Å². The minimum Gasteiger partial charge on any atom is -0.329 e. The maximum absolute atomic E-state index is 13.1. The fourth-order valence-electron chi connectivity index (χ4n) is 5.40. The van der Waals surface area contributed by atoms with Crippen molar-refractivity contribution in [3.63, 3.8) is 0 Å². The van der Waals surface area contributed by atoms with E-state index in [0.29, 0.717) is 30.9 Å². The lowest BCUT2D eigenvalue weighted by molar-refractivity contribution is -0.137. The number of nitrogens with two attached hydrogens (primary N) is 1. The number of carbonyl (C=O) groups is 3. The van der Waals surface area contributed by atoms with Crippen LogP contribution in [0.1, 0.15) is 60.9 Å². The number of hydrogen-bond acceptors (Lipinski definition) is 4. The molecule has 3 fully saturated rings. The van der Waals surface area contributed by atoms with Crippen LogP contribution in [0.2, 0.25) is 0 Å². The topological polar surface area (TPSA) is 83.7 Å². The molecule has 1 aromatic carbocycles. The summed E-state index contributed by atoms with van der Waals surface area (Å²) in [5.41, 5.74) is 7.80. The van der Waals surface area contributed by atoms with Gasteiger partial charge >= 0.3 is 0 Å². The largest absolute Gasteiger partial charge is 0.329 e. The minimum atomic E-state index is -0.550. The molecule has 1 aromatic rings. The molecule has 2 amide bonds. The first-order valence-electron chi connectivity index (χ1n) is 10.9. The second-order valence-corrected chi connectivity index (χ2v) is 8.89. The smallest absolute Gasteiger partial charge is 0.254 e. The van der Waals surface area contributed by atoms with Gasteiger partial charge < -0.3 is 15.5 Å². The number of likely N-dealkylation sites (tertiary alicyclic amines) is 2. The average molecular weight is 398 g/mol. The lowest BCUT2D eigenvalue weighted by Crippen LogP contribution is -2.50. The Morgan fingerprint density at radius 2 is 1.83 bits per heavy atom. The van der Waals surface area contributed by atoms with Crippen molar-refractivity contribution in [2.75, 3.05) is 13.1 Å². The summed E-state index contributed by atoms with van der Waals surface area (Å²) < 4.78 is 0. The van der Waals surface area contributed by atoms with Gasteiger partial charge in [-0.1, -0.05) is 50.3 Å². The lowest BCUT2D eigenvalue weighted by Gasteiger charge is -2.29. The number of benzene rings is 1. The molecule has 0 spiro atoms. The van der Waals surface area contributed by atoms with E-state index in [0.717, 1.165) is 18.4 Å². The highest BCUT2D eigenvalue weighted by Gasteiger charge is 2.52. The first-order valence-corrected chi connectivity index (χ1v) is 10.9. The quantitative estimate of drug-likeness (QED) is 0.845. The van der Waals surface area contributed by atoms with Crippen molar-refractivity contribution in [3.05, 3.63) is 35.4 Å². The third-order valence-electron chi connectivity index (χ3n) is 6.97. The molecule has 3 atom stereocenters. The van der Waals surface area contributed by atoms with E-state index >= 15 is 0 Å². The summed E-state index contributed by atoms with van der Waals surface area (Å²) in [4.78, 5) is 42.2. The van der Waals surface area contributed by atoms with Crippen molar-refractivity contribution in [1.82, 2.24) is 9.80 Å². The summed E-state index contributed by atoms with van der Waals surface area (Å²) in [7, 11) is 0. The lowest BCUT2D eigenvalue weighted by atomic mass is 9.84. The van der Waals surface area contributed by atoms with E-state index in [1.807, 2.05) is 25.1 Å². The van der Waals surface area contributed by atoms with Crippen molar-refractivity contribution in [2.24, 2.45) is 11.7 Å². The molecule has 156 valence electrons. The van der Waals surface area contributed by atoms with E-state index in [2.05, 4.69) is 0 Å². The van der Waals surface area contributed by atoms with E-state index in [1.165, 1.54) is 19.3 Å². The zero-order valence-corrected chi connectivity index (χ0v) is 17.2.